The molecule has 8 nitrogen and oxygen atoms in total. The Morgan fingerprint density at radius 3 is 2.65 bits per heavy atom. The third kappa shape index (κ3) is 3.60. The number of H-pyrrole nitrogens is 2. The summed E-state index contributed by atoms with van der Waals surface area (Å²) in [5.74, 6) is 1.07. The number of rotatable bonds is 5. The molecule has 3 aromatic rings. The molecule has 0 spiro atoms. The van der Waals surface area contributed by atoms with Gasteiger partial charge in [-0.3, -0.25) is 9.78 Å². The van der Waals surface area contributed by atoms with E-state index in [1.807, 2.05) is 30.3 Å². The van der Waals surface area contributed by atoms with E-state index in [0.29, 0.717) is 29.7 Å². The minimum absolute atomic E-state index is 0.239. The lowest BCUT2D eigenvalue weighted by Crippen LogP contribution is -2.16. The number of fused-ring (bicyclic) bond motifs is 1. The minimum atomic E-state index is -0.296. The van der Waals surface area contributed by atoms with Crippen LogP contribution in [-0.2, 0) is 0 Å². The van der Waals surface area contributed by atoms with Gasteiger partial charge in [-0.1, -0.05) is 32.0 Å². The van der Waals surface area contributed by atoms with Gasteiger partial charge in [-0.15, -0.1) is 10.2 Å². The van der Waals surface area contributed by atoms with Gasteiger partial charge in [0.1, 0.15) is 0 Å². The number of benzene rings is 1. The van der Waals surface area contributed by atoms with E-state index < -0.39 is 0 Å². The first-order valence-corrected chi connectivity index (χ1v) is 7.32. The average molecular weight is 311 g/mol. The summed E-state index contributed by atoms with van der Waals surface area (Å²) in [5, 5.41) is 11.1. The van der Waals surface area contributed by atoms with Crippen LogP contribution in [0.15, 0.2) is 45.4 Å². The monoisotopic (exact) mass is 311 g/mol. The van der Waals surface area contributed by atoms with Gasteiger partial charge < -0.3 is 10.3 Å². The number of nitrogens with one attached hydrogen (secondary N) is 3. The molecule has 0 fully saturated rings. The van der Waals surface area contributed by atoms with Gasteiger partial charge in [0.25, 0.3) is 5.56 Å². The van der Waals surface area contributed by atoms with E-state index in [1.165, 1.54) is 0 Å². The third-order valence-corrected chi connectivity index (χ3v) is 3.04. The van der Waals surface area contributed by atoms with Crippen LogP contribution in [-0.4, -0.2) is 26.5 Å². The van der Waals surface area contributed by atoms with Gasteiger partial charge in [0, 0.05) is 6.54 Å². The number of nitrogens with zero attached hydrogens (tertiary/aromatic N) is 4. The second-order valence-electron chi connectivity index (χ2n) is 5.48. The van der Waals surface area contributed by atoms with Crippen molar-refractivity contribution in [2.24, 2.45) is 16.1 Å². The molecule has 23 heavy (non-hydrogen) atoms. The predicted molar refractivity (Wildman–Crippen MR) is 88.5 cm³/mol. The van der Waals surface area contributed by atoms with Gasteiger partial charge in [0.05, 0.1) is 5.69 Å². The molecule has 0 aliphatic rings. The Bertz CT molecular complexity index is 880. The first kappa shape index (κ1) is 14.9. The molecule has 0 aliphatic carbocycles. The molecule has 0 saturated carbocycles. The number of hydrogen-bond donors (Lipinski definition) is 3. The Balaban J connectivity index is 1.88. The Morgan fingerprint density at radius 1 is 1.13 bits per heavy atom. The Kier molecular flexibility index (Phi) is 4.13. The van der Waals surface area contributed by atoms with E-state index in [-0.39, 0.29) is 17.0 Å². The normalized spacial score (nSPS) is 11.6. The van der Waals surface area contributed by atoms with Crippen LogP contribution in [0.5, 0.6) is 0 Å². The van der Waals surface area contributed by atoms with Gasteiger partial charge in [-0.05, 0) is 18.1 Å². The van der Waals surface area contributed by atoms with Crippen LogP contribution in [0, 0.1) is 5.92 Å². The summed E-state index contributed by atoms with van der Waals surface area (Å²) in [6.45, 7) is 4.85. The van der Waals surface area contributed by atoms with Gasteiger partial charge in [-0.2, -0.15) is 9.97 Å². The fourth-order valence-electron chi connectivity index (χ4n) is 1.93. The Morgan fingerprint density at radius 2 is 1.91 bits per heavy atom. The maximum atomic E-state index is 12.1. The number of hydrogen-bond acceptors (Lipinski definition) is 6. The Labute approximate surface area is 132 Å². The molecule has 1 aromatic carbocycles. The van der Waals surface area contributed by atoms with E-state index in [9.17, 15) is 4.79 Å². The van der Waals surface area contributed by atoms with E-state index in [4.69, 9.17) is 0 Å². The molecule has 2 heterocycles. The first-order chi connectivity index (χ1) is 11.1. The second kappa shape index (κ2) is 6.39. The fraction of sp³-hybridized carbons (Fsp3) is 0.267. The maximum Gasteiger partial charge on any atom is 0.278 e. The van der Waals surface area contributed by atoms with Crippen LogP contribution in [0.4, 0.5) is 17.6 Å². The maximum absolute atomic E-state index is 12.1. The van der Waals surface area contributed by atoms with Crippen molar-refractivity contribution in [3.05, 3.63) is 40.7 Å². The molecule has 2 aromatic heterocycles. The van der Waals surface area contributed by atoms with E-state index >= 15 is 0 Å². The summed E-state index contributed by atoms with van der Waals surface area (Å²) in [6.07, 6.45) is 0. The molecular weight excluding hydrogens is 294 g/mol. The lowest BCUT2D eigenvalue weighted by atomic mass is 10.2. The van der Waals surface area contributed by atoms with Crippen molar-refractivity contribution in [3.8, 4) is 0 Å². The van der Waals surface area contributed by atoms with Crippen molar-refractivity contribution >= 4 is 28.7 Å². The van der Waals surface area contributed by atoms with Crippen LogP contribution in [0.3, 0.4) is 0 Å². The molecule has 0 unspecified atom stereocenters. The van der Waals surface area contributed by atoms with E-state index in [0.717, 1.165) is 0 Å². The SMILES string of the molecule is CC(C)CNc1nc2nc(N=Nc3ccccc3)[nH]c2c(=O)[nH]1. The molecule has 3 rings (SSSR count). The molecule has 8 heteroatoms. The fourth-order valence-corrected chi connectivity index (χ4v) is 1.93. The average Bonchev–Trinajstić information content (AvgIpc) is 2.96. The van der Waals surface area contributed by atoms with Crippen LogP contribution in [0.25, 0.3) is 11.2 Å². The lowest BCUT2D eigenvalue weighted by Gasteiger charge is -2.06. The molecule has 0 atom stereocenters. The summed E-state index contributed by atoms with van der Waals surface area (Å²) in [5.41, 5.74) is 0.994. The van der Waals surface area contributed by atoms with Crippen molar-refractivity contribution in [1.82, 2.24) is 19.9 Å². The predicted octanol–water partition coefficient (Wildman–Crippen LogP) is 3.13. The zero-order valence-electron chi connectivity index (χ0n) is 12.9. The van der Waals surface area contributed by atoms with Crippen molar-refractivity contribution < 1.29 is 0 Å². The smallest absolute Gasteiger partial charge is 0.278 e. The van der Waals surface area contributed by atoms with Crippen LogP contribution < -0.4 is 10.9 Å². The van der Waals surface area contributed by atoms with Crippen molar-refractivity contribution in [3.63, 3.8) is 0 Å². The summed E-state index contributed by atoms with van der Waals surface area (Å²) in [6, 6.07) is 9.28. The van der Waals surface area contributed by atoms with Crippen molar-refractivity contribution in [1.29, 1.82) is 0 Å². The molecule has 0 saturated heterocycles. The summed E-state index contributed by atoms with van der Waals surface area (Å²) in [4.78, 5) is 26.0. The molecule has 0 bridgehead atoms. The molecule has 3 N–H and O–H groups in total. The summed E-state index contributed by atoms with van der Waals surface area (Å²) >= 11 is 0. The standard InChI is InChI=1S/C15H17N7O/c1-9(2)8-16-14-18-12-11(13(23)20-14)17-15(19-12)22-21-10-6-4-3-5-7-10/h3-7,9H,8H2,1-2H3,(H3,16,17,18,19,20,23). The summed E-state index contributed by atoms with van der Waals surface area (Å²) in [7, 11) is 0. The van der Waals surface area contributed by atoms with Crippen LogP contribution in [0.2, 0.25) is 0 Å². The van der Waals surface area contributed by atoms with Gasteiger partial charge in [0.2, 0.25) is 11.9 Å². The van der Waals surface area contributed by atoms with Crippen molar-refractivity contribution in [2.75, 3.05) is 11.9 Å². The zero-order chi connectivity index (χ0) is 16.2. The summed E-state index contributed by atoms with van der Waals surface area (Å²) < 4.78 is 0. The quantitative estimate of drug-likeness (QED) is 0.628. The largest absolute Gasteiger partial charge is 0.355 e. The second-order valence-corrected chi connectivity index (χ2v) is 5.48. The van der Waals surface area contributed by atoms with E-state index in [1.54, 1.807) is 0 Å². The van der Waals surface area contributed by atoms with Crippen molar-refractivity contribution in [2.45, 2.75) is 13.8 Å². The van der Waals surface area contributed by atoms with Crippen LogP contribution >= 0.6 is 0 Å². The highest BCUT2D eigenvalue weighted by Gasteiger charge is 2.09. The lowest BCUT2D eigenvalue weighted by molar-refractivity contribution is 0.684. The highest BCUT2D eigenvalue weighted by molar-refractivity contribution is 5.72. The third-order valence-electron chi connectivity index (χ3n) is 3.04. The zero-order valence-corrected chi connectivity index (χ0v) is 12.9. The number of imidazole rings is 1. The van der Waals surface area contributed by atoms with E-state index in [2.05, 4.69) is 49.3 Å². The topological polar surface area (TPSA) is 111 Å². The number of aromatic amines is 2. The number of aromatic nitrogens is 4. The number of anilines is 1. The highest BCUT2D eigenvalue weighted by Crippen LogP contribution is 2.17. The van der Waals surface area contributed by atoms with Gasteiger partial charge >= 0.3 is 0 Å². The van der Waals surface area contributed by atoms with Gasteiger partial charge in [0.15, 0.2) is 11.2 Å². The van der Waals surface area contributed by atoms with Crippen LogP contribution in [0.1, 0.15) is 13.8 Å². The highest BCUT2D eigenvalue weighted by atomic mass is 16.1. The molecular formula is C15H17N7O. The molecule has 0 amide bonds. The van der Waals surface area contributed by atoms with Gasteiger partial charge in [-0.25, -0.2) is 0 Å². The number of azo groups is 1. The minimum Gasteiger partial charge on any atom is -0.355 e. The molecule has 0 aliphatic heterocycles. The molecule has 118 valence electrons. The molecule has 0 radical (unpaired) electrons. The first-order valence-electron chi connectivity index (χ1n) is 7.32. The Hall–Kier alpha value is -3.03.